The molecule has 2 nitrogen and oxygen atoms in total. The third kappa shape index (κ3) is 3.93. The maximum absolute atomic E-state index is 12.9. The van der Waals surface area contributed by atoms with Crippen molar-refractivity contribution in [2.24, 2.45) is 0 Å². The number of rotatable bonds is 3. The van der Waals surface area contributed by atoms with E-state index in [1.807, 2.05) is 0 Å². The summed E-state index contributed by atoms with van der Waals surface area (Å²) in [7, 11) is 0. The molecule has 1 heterocycles. The van der Waals surface area contributed by atoms with Gasteiger partial charge in [0.25, 0.3) is 0 Å². The van der Waals surface area contributed by atoms with Crippen molar-refractivity contribution >= 4 is 21.6 Å². The number of pyridine rings is 1. The van der Waals surface area contributed by atoms with Crippen LogP contribution in [-0.2, 0) is 12.7 Å². The van der Waals surface area contributed by atoms with Crippen molar-refractivity contribution in [2.45, 2.75) is 12.7 Å². The predicted molar refractivity (Wildman–Crippen MR) is 70.7 cm³/mol. The number of hydrogen-bond acceptors (Lipinski definition) is 2. The van der Waals surface area contributed by atoms with Crippen LogP contribution in [0, 0.1) is 5.82 Å². The zero-order chi connectivity index (χ0) is 14.8. The molecule has 0 aliphatic heterocycles. The van der Waals surface area contributed by atoms with Crippen molar-refractivity contribution in [3.8, 4) is 0 Å². The second-order valence-corrected chi connectivity index (χ2v) is 5.01. The summed E-state index contributed by atoms with van der Waals surface area (Å²) >= 11 is 3.03. The van der Waals surface area contributed by atoms with E-state index in [0.29, 0.717) is 10.0 Å². The number of alkyl halides is 3. The predicted octanol–water partition coefficient (Wildman–Crippen LogP) is 4.61. The fraction of sp³-hybridized carbons (Fsp3) is 0.154. The smallest absolute Gasteiger partial charge is 0.381 e. The molecule has 0 saturated heterocycles. The van der Waals surface area contributed by atoms with Crippen LogP contribution in [0.25, 0.3) is 0 Å². The van der Waals surface area contributed by atoms with Gasteiger partial charge in [-0.15, -0.1) is 0 Å². The Bertz CT molecular complexity index is 614. The summed E-state index contributed by atoms with van der Waals surface area (Å²) in [6.07, 6.45) is -1.91. The highest BCUT2D eigenvalue weighted by Gasteiger charge is 2.31. The van der Waals surface area contributed by atoms with E-state index < -0.39 is 17.6 Å². The first-order valence-electron chi connectivity index (χ1n) is 5.56. The van der Waals surface area contributed by atoms with E-state index in [0.717, 1.165) is 18.3 Å². The highest BCUT2D eigenvalue weighted by molar-refractivity contribution is 9.10. The van der Waals surface area contributed by atoms with Gasteiger partial charge in [-0.1, -0.05) is 15.9 Å². The molecule has 20 heavy (non-hydrogen) atoms. The third-order valence-corrected chi connectivity index (χ3v) is 2.94. The molecule has 0 saturated carbocycles. The molecule has 0 radical (unpaired) electrons. The number of benzene rings is 1. The SMILES string of the molecule is Fc1cncc(CNc2cc(Br)cc(C(F)(F)F)c2)c1. The lowest BCUT2D eigenvalue weighted by molar-refractivity contribution is -0.137. The van der Waals surface area contributed by atoms with Crippen LogP contribution in [0.5, 0.6) is 0 Å². The molecule has 7 heteroatoms. The Balaban J connectivity index is 2.16. The van der Waals surface area contributed by atoms with Crippen LogP contribution in [0.4, 0.5) is 23.2 Å². The first kappa shape index (κ1) is 14.8. The monoisotopic (exact) mass is 348 g/mol. The van der Waals surface area contributed by atoms with Gasteiger partial charge in [0.2, 0.25) is 0 Å². The molecule has 1 N–H and O–H groups in total. The molecule has 0 amide bonds. The molecule has 0 fully saturated rings. The second kappa shape index (κ2) is 5.78. The molecule has 0 atom stereocenters. The van der Waals surface area contributed by atoms with E-state index in [1.54, 1.807) is 0 Å². The third-order valence-electron chi connectivity index (χ3n) is 2.48. The highest BCUT2D eigenvalue weighted by atomic mass is 79.9. The van der Waals surface area contributed by atoms with Crippen LogP contribution in [0.15, 0.2) is 41.1 Å². The first-order valence-corrected chi connectivity index (χ1v) is 6.35. The van der Waals surface area contributed by atoms with Gasteiger partial charge in [-0.2, -0.15) is 13.2 Å². The van der Waals surface area contributed by atoms with Crippen molar-refractivity contribution in [1.82, 2.24) is 4.98 Å². The normalized spacial score (nSPS) is 11.4. The number of halogens is 5. The van der Waals surface area contributed by atoms with Crippen molar-refractivity contribution < 1.29 is 17.6 Å². The lowest BCUT2D eigenvalue weighted by atomic mass is 10.2. The molecule has 0 bridgehead atoms. The van der Waals surface area contributed by atoms with E-state index in [9.17, 15) is 17.6 Å². The van der Waals surface area contributed by atoms with Crippen LogP contribution in [0.2, 0.25) is 0 Å². The van der Waals surface area contributed by atoms with Gasteiger partial charge < -0.3 is 5.32 Å². The molecule has 0 unspecified atom stereocenters. The maximum Gasteiger partial charge on any atom is 0.416 e. The summed E-state index contributed by atoms with van der Waals surface area (Å²) in [6, 6.07) is 4.77. The summed E-state index contributed by atoms with van der Waals surface area (Å²) in [6.45, 7) is 0.179. The van der Waals surface area contributed by atoms with Crippen LogP contribution in [-0.4, -0.2) is 4.98 Å². The Labute approximate surface area is 121 Å². The Hall–Kier alpha value is -1.63. The second-order valence-electron chi connectivity index (χ2n) is 4.09. The van der Waals surface area contributed by atoms with Gasteiger partial charge in [0.1, 0.15) is 5.82 Å². The minimum absolute atomic E-state index is 0.179. The van der Waals surface area contributed by atoms with E-state index in [2.05, 4.69) is 26.2 Å². The summed E-state index contributed by atoms with van der Waals surface area (Å²) in [5.74, 6) is -0.491. The Morgan fingerprint density at radius 3 is 2.50 bits per heavy atom. The van der Waals surface area contributed by atoms with Crippen LogP contribution < -0.4 is 5.32 Å². The standard InChI is InChI=1S/C13H9BrF4N2/c14-10-2-9(13(16,17)18)3-12(4-10)20-6-8-1-11(15)7-19-5-8/h1-5,7,20H,6H2. The van der Waals surface area contributed by atoms with Gasteiger partial charge in [-0.3, -0.25) is 4.98 Å². The van der Waals surface area contributed by atoms with Crippen molar-refractivity contribution in [1.29, 1.82) is 0 Å². The summed E-state index contributed by atoms with van der Waals surface area (Å²) in [4.78, 5) is 3.67. The van der Waals surface area contributed by atoms with E-state index in [-0.39, 0.29) is 12.2 Å². The molecule has 0 spiro atoms. The van der Waals surface area contributed by atoms with Crippen molar-refractivity contribution in [3.05, 3.63) is 58.1 Å². The fourth-order valence-corrected chi connectivity index (χ4v) is 2.11. The van der Waals surface area contributed by atoms with E-state index in [4.69, 9.17) is 0 Å². The minimum Gasteiger partial charge on any atom is -0.381 e. The zero-order valence-corrected chi connectivity index (χ0v) is 11.6. The van der Waals surface area contributed by atoms with Crippen LogP contribution in [0.1, 0.15) is 11.1 Å². The van der Waals surface area contributed by atoms with Crippen LogP contribution >= 0.6 is 15.9 Å². The van der Waals surface area contributed by atoms with Gasteiger partial charge >= 0.3 is 6.18 Å². The van der Waals surface area contributed by atoms with Gasteiger partial charge in [-0.25, -0.2) is 4.39 Å². The van der Waals surface area contributed by atoms with Crippen LogP contribution in [0.3, 0.4) is 0 Å². The summed E-state index contributed by atoms with van der Waals surface area (Å²) in [5.41, 5.74) is 0.0706. The van der Waals surface area contributed by atoms with Gasteiger partial charge in [0.15, 0.2) is 0 Å². The molecule has 2 rings (SSSR count). The van der Waals surface area contributed by atoms with Gasteiger partial charge in [0, 0.05) is 22.9 Å². The minimum atomic E-state index is -4.42. The fourth-order valence-electron chi connectivity index (χ4n) is 1.61. The van der Waals surface area contributed by atoms with E-state index in [1.165, 1.54) is 18.3 Å². The molecular weight excluding hydrogens is 340 g/mol. The topological polar surface area (TPSA) is 24.9 Å². The van der Waals surface area contributed by atoms with E-state index >= 15 is 0 Å². The van der Waals surface area contributed by atoms with Crippen molar-refractivity contribution in [2.75, 3.05) is 5.32 Å². The largest absolute Gasteiger partial charge is 0.416 e. The molecule has 0 aliphatic rings. The lowest BCUT2D eigenvalue weighted by Crippen LogP contribution is -2.07. The van der Waals surface area contributed by atoms with Gasteiger partial charge in [-0.05, 0) is 29.8 Å². The Morgan fingerprint density at radius 2 is 1.85 bits per heavy atom. The average Bonchev–Trinajstić information content (AvgIpc) is 2.35. The summed E-state index contributed by atoms with van der Waals surface area (Å²) < 4.78 is 51.2. The number of nitrogens with zero attached hydrogens (tertiary/aromatic N) is 1. The average molecular weight is 349 g/mol. The first-order chi connectivity index (χ1) is 9.34. The lowest BCUT2D eigenvalue weighted by Gasteiger charge is -2.11. The Kier molecular flexibility index (Phi) is 4.27. The zero-order valence-electron chi connectivity index (χ0n) is 10.0. The Morgan fingerprint density at radius 1 is 1.10 bits per heavy atom. The van der Waals surface area contributed by atoms with Gasteiger partial charge in [0.05, 0.1) is 11.8 Å². The molecule has 0 aliphatic carbocycles. The number of aromatic nitrogens is 1. The van der Waals surface area contributed by atoms with Crippen molar-refractivity contribution in [3.63, 3.8) is 0 Å². The molecular formula is C13H9BrF4N2. The summed E-state index contributed by atoms with van der Waals surface area (Å²) in [5, 5.41) is 2.80. The molecule has 2 aromatic rings. The molecule has 1 aromatic carbocycles. The molecule has 106 valence electrons. The number of anilines is 1. The number of nitrogens with one attached hydrogen (secondary N) is 1. The number of hydrogen-bond donors (Lipinski definition) is 1. The maximum atomic E-state index is 12.9. The highest BCUT2D eigenvalue weighted by Crippen LogP contribution is 2.33. The quantitative estimate of drug-likeness (QED) is 0.819. The molecule has 1 aromatic heterocycles.